The van der Waals surface area contributed by atoms with Gasteiger partial charge in [0.05, 0.1) is 29.8 Å². The number of nitrogens with zero attached hydrogens (tertiary/aromatic N) is 8. The van der Waals surface area contributed by atoms with E-state index in [4.69, 9.17) is 5.73 Å². The summed E-state index contributed by atoms with van der Waals surface area (Å²) in [5.74, 6) is 0.0270. The number of aryl methyl sites for hydroxylation is 1. The molecule has 11 heteroatoms. The van der Waals surface area contributed by atoms with Crippen molar-refractivity contribution >= 4 is 22.8 Å². The Morgan fingerprint density at radius 3 is 2.78 bits per heavy atom. The molecule has 3 aromatic heterocycles. The molecule has 3 N–H and O–H groups in total. The van der Waals surface area contributed by atoms with E-state index < -0.39 is 0 Å². The second-order valence-electron chi connectivity index (χ2n) is 7.99. The Morgan fingerprint density at radius 1 is 1.22 bits per heavy atom. The van der Waals surface area contributed by atoms with Gasteiger partial charge in [0.1, 0.15) is 5.69 Å². The zero-order valence-electron chi connectivity index (χ0n) is 17.9. The van der Waals surface area contributed by atoms with Gasteiger partial charge in [-0.25, -0.2) is 15.0 Å². The maximum absolute atomic E-state index is 13.0. The van der Waals surface area contributed by atoms with Crippen LogP contribution in [0.1, 0.15) is 23.3 Å². The van der Waals surface area contributed by atoms with E-state index in [2.05, 4.69) is 42.4 Å². The number of nitrogens with one attached hydrogen (secondary N) is 1. The molecule has 1 amide bonds. The number of nitrogens with two attached hydrogens (primary N) is 1. The van der Waals surface area contributed by atoms with E-state index in [1.807, 2.05) is 29.8 Å². The molecule has 1 saturated heterocycles. The third kappa shape index (κ3) is 3.56. The lowest BCUT2D eigenvalue weighted by Crippen LogP contribution is -2.38. The van der Waals surface area contributed by atoms with Crippen LogP contribution in [-0.4, -0.2) is 71.5 Å². The number of hydrogen-bond donors (Lipinski definition) is 2. The first-order valence-electron chi connectivity index (χ1n) is 10.5. The smallest absolute Gasteiger partial charge is 0.273 e. The summed E-state index contributed by atoms with van der Waals surface area (Å²) in [6.07, 6.45) is 7.02. The SMILES string of the molecule is CN1CCCC1CNC(=O)c1nc(-c2ccc3ncn(C)c3c2)c(-n2nccn2)nc1N. The minimum absolute atomic E-state index is 0.0277. The van der Waals surface area contributed by atoms with E-state index in [-0.39, 0.29) is 17.4 Å². The minimum Gasteiger partial charge on any atom is -0.382 e. The number of hydrogen-bond acceptors (Lipinski definition) is 8. The van der Waals surface area contributed by atoms with Gasteiger partial charge < -0.3 is 20.5 Å². The lowest BCUT2D eigenvalue weighted by atomic mass is 10.1. The van der Waals surface area contributed by atoms with E-state index in [1.54, 1.807) is 18.7 Å². The van der Waals surface area contributed by atoms with Gasteiger partial charge in [-0.15, -0.1) is 4.80 Å². The van der Waals surface area contributed by atoms with Crippen LogP contribution in [0.3, 0.4) is 0 Å². The fourth-order valence-electron chi connectivity index (χ4n) is 4.07. The second-order valence-corrected chi connectivity index (χ2v) is 7.99. The summed E-state index contributed by atoms with van der Waals surface area (Å²) >= 11 is 0. The lowest BCUT2D eigenvalue weighted by Gasteiger charge is -2.20. The van der Waals surface area contributed by atoms with E-state index in [0.717, 1.165) is 36.0 Å². The zero-order valence-corrected chi connectivity index (χ0v) is 17.9. The van der Waals surface area contributed by atoms with Crippen molar-refractivity contribution < 1.29 is 4.79 Å². The molecular weight excluding hydrogens is 408 g/mol. The third-order valence-electron chi connectivity index (χ3n) is 5.90. The molecule has 5 rings (SSSR count). The molecule has 1 aliphatic heterocycles. The number of carbonyl (C=O) groups excluding carboxylic acids is 1. The molecule has 1 fully saturated rings. The molecule has 1 atom stereocenters. The summed E-state index contributed by atoms with van der Waals surface area (Å²) in [4.78, 5) is 30.0. The molecule has 0 radical (unpaired) electrons. The molecule has 4 heterocycles. The highest BCUT2D eigenvalue weighted by atomic mass is 16.1. The minimum atomic E-state index is -0.349. The fourth-order valence-corrected chi connectivity index (χ4v) is 4.07. The van der Waals surface area contributed by atoms with Crippen molar-refractivity contribution in [3.05, 3.63) is 42.6 Å². The normalized spacial score (nSPS) is 16.6. The fraction of sp³-hybridized carbons (Fsp3) is 0.333. The maximum atomic E-state index is 13.0. The molecule has 0 saturated carbocycles. The number of nitrogen functional groups attached to an aromatic ring is 1. The summed E-state index contributed by atoms with van der Waals surface area (Å²) in [7, 11) is 3.99. The molecule has 0 aliphatic carbocycles. The van der Waals surface area contributed by atoms with Crippen LogP contribution >= 0.6 is 0 Å². The number of fused-ring (bicyclic) bond motifs is 1. The summed E-state index contributed by atoms with van der Waals surface area (Å²) < 4.78 is 1.92. The number of rotatable bonds is 5. The summed E-state index contributed by atoms with van der Waals surface area (Å²) in [5, 5.41) is 11.3. The van der Waals surface area contributed by atoms with Crippen LogP contribution in [-0.2, 0) is 7.05 Å². The van der Waals surface area contributed by atoms with Crippen LogP contribution < -0.4 is 11.1 Å². The third-order valence-corrected chi connectivity index (χ3v) is 5.90. The Kier molecular flexibility index (Phi) is 5.02. The number of aromatic nitrogens is 7. The second kappa shape index (κ2) is 8.00. The van der Waals surface area contributed by atoms with Crippen LogP contribution in [0.4, 0.5) is 5.82 Å². The molecule has 32 heavy (non-hydrogen) atoms. The van der Waals surface area contributed by atoms with Crippen LogP contribution in [0, 0.1) is 0 Å². The van der Waals surface area contributed by atoms with Gasteiger partial charge in [-0.2, -0.15) is 10.2 Å². The molecule has 164 valence electrons. The Balaban J connectivity index is 1.55. The summed E-state index contributed by atoms with van der Waals surface area (Å²) in [6.45, 7) is 1.57. The van der Waals surface area contributed by atoms with Crippen molar-refractivity contribution in [1.82, 2.24) is 44.7 Å². The van der Waals surface area contributed by atoms with Gasteiger partial charge >= 0.3 is 0 Å². The van der Waals surface area contributed by atoms with E-state index in [0.29, 0.717) is 24.1 Å². The molecular formula is C21H24N10O. The highest BCUT2D eigenvalue weighted by molar-refractivity contribution is 5.97. The number of amides is 1. The van der Waals surface area contributed by atoms with Crippen LogP contribution in [0.25, 0.3) is 28.1 Å². The predicted molar refractivity (Wildman–Crippen MR) is 119 cm³/mol. The Morgan fingerprint density at radius 2 is 2.03 bits per heavy atom. The Bertz CT molecular complexity index is 1280. The van der Waals surface area contributed by atoms with Crippen molar-refractivity contribution in [3.8, 4) is 17.1 Å². The van der Waals surface area contributed by atoms with Crippen LogP contribution in [0.5, 0.6) is 0 Å². The van der Waals surface area contributed by atoms with Crippen molar-refractivity contribution in [1.29, 1.82) is 0 Å². The number of anilines is 1. The number of carbonyl (C=O) groups is 1. The predicted octanol–water partition coefficient (Wildman–Crippen LogP) is 1.02. The first kappa shape index (κ1) is 20.1. The van der Waals surface area contributed by atoms with Crippen molar-refractivity contribution in [3.63, 3.8) is 0 Å². The first-order valence-corrected chi connectivity index (χ1v) is 10.5. The quantitative estimate of drug-likeness (QED) is 0.478. The first-order chi connectivity index (χ1) is 15.5. The highest BCUT2D eigenvalue weighted by Crippen LogP contribution is 2.28. The van der Waals surface area contributed by atoms with E-state index >= 15 is 0 Å². The number of likely N-dealkylation sites (N-methyl/N-ethyl adjacent to an activating group) is 1. The van der Waals surface area contributed by atoms with Gasteiger partial charge in [0.25, 0.3) is 5.91 Å². The van der Waals surface area contributed by atoms with Gasteiger partial charge in [-0.1, -0.05) is 6.07 Å². The number of benzene rings is 1. The molecule has 0 spiro atoms. The van der Waals surface area contributed by atoms with Gasteiger partial charge in [0.2, 0.25) is 5.82 Å². The van der Waals surface area contributed by atoms with Crippen LogP contribution in [0.15, 0.2) is 36.9 Å². The van der Waals surface area contributed by atoms with Crippen molar-refractivity contribution in [2.45, 2.75) is 18.9 Å². The van der Waals surface area contributed by atoms with Gasteiger partial charge in [-0.3, -0.25) is 4.79 Å². The Labute approximate surface area is 184 Å². The molecule has 4 aromatic rings. The number of imidazole rings is 1. The van der Waals surface area contributed by atoms with Gasteiger partial charge in [-0.05, 0) is 38.6 Å². The monoisotopic (exact) mass is 432 g/mol. The van der Waals surface area contributed by atoms with Crippen LogP contribution in [0.2, 0.25) is 0 Å². The van der Waals surface area contributed by atoms with E-state index in [9.17, 15) is 4.79 Å². The topological polar surface area (TPSA) is 133 Å². The summed E-state index contributed by atoms with van der Waals surface area (Å²) in [5.41, 5.74) is 9.24. The molecule has 1 aliphatic rings. The van der Waals surface area contributed by atoms with Crippen molar-refractivity contribution in [2.24, 2.45) is 7.05 Å². The molecule has 11 nitrogen and oxygen atoms in total. The molecule has 1 aromatic carbocycles. The summed E-state index contributed by atoms with van der Waals surface area (Å²) in [6, 6.07) is 6.05. The van der Waals surface area contributed by atoms with E-state index in [1.165, 1.54) is 4.80 Å². The largest absolute Gasteiger partial charge is 0.382 e. The van der Waals surface area contributed by atoms with Gasteiger partial charge in [0.15, 0.2) is 11.5 Å². The molecule has 0 bridgehead atoms. The maximum Gasteiger partial charge on any atom is 0.273 e. The zero-order chi connectivity index (χ0) is 22.2. The number of likely N-dealkylation sites (tertiary alicyclic amines) is 1. The highest BCUT2D eigenvalue weighted by Gasteiger charge is 2.24. The lowest BCUT2D eigenvalue weighted by molar-refractivity contribution is 0.0939. The van der Waals surface area contributed by atoms with Gasteiger partial charge in [0, 0.05) is 25.2 Å². The van der Waals surface area contributed by atoms with Crippen molar-refractivity contribution in [2.75, 3.05) is 25.9 Å². The standard InChI is InChI=1S/C21H24N10O/c1-29-9-3-4-14(29)11-23-21(32)18-19(22)28-20(31-25-7-8-26-31)17(27-18)13-5-6-15-16(10-13)30(2)12-24-15/h5-8,10,12,14H,3-4,9,11H2,1-2H3,(H2,22,28)(H,23,32). The Hall–Kier alpha value is -3.86. The molecule has 1 unspecified atom stereocenters. The average Bonchev–Trinajstić information content (AvgIpc) is 3.54. The average molecular weight is 432 g/mol.